The van der Waals surface area contributed by atoms with Crippen molar-refractivity contribution in [3.8, 4) is 0 Å². The van der Waals surface area contributed by atoms with Gasteiger partial charge < -0.3 is 20.5 Å². The molecule has 0 spiro atoms. The molecule has 0 saturated heterocycles. The fourth-order valence-electron chi connectivity index (χ4n) is 2.46. The first-order chi connectivity index (χ1) is 9.85. The molecule has 0 bridgehead atoms. The number of amides is 2. The fraction of sp³-hybridized carbons (Fsp3) is 0.867. The van der Waals surface area contributed by atoms with Gasteiger partial charge in [-0.05, 0) is 37.5 Å². The zero-order chi connectivity index (χ0) is 15.9. The molecule has 0 unspecified atom stereocenters. The van der Waals surface area contributed by atoms with E-state index in [2.05, 4.69) is 31.4 Å². The average Bonchev–Trinajstić information content (AvgIpc) is 2.40. The van der Waals surface area contributed by atoms with Crippen molar-refractivity contribution < 1.29 is 19.4 Å². The molecule has 0 aliphatic heterocycles. The lowest BCUT2D eigenvalue weighted by Crippen LogP contribution is -2.58. The van der Waals surface area contributed by atoms with Crippen LogP contribution in [0.1, 0.15) is 46.5 Å². The Balaban J connectivity index is 2.35. The number of urea groups is 1. The molecule has 6 nitrogen and oxygen atoms in total. The summed E-state index contributed by atoms with van der Waals surface area (Å²) in [5.74, 6) is 0.0331. The van der Waals surface area contributed by atoms with E-state index in [0.29, 0.717) is 44.4 Å². The SMILES string of the molecule is CC(C)COCCNC(=O)NC1(C(=O)O)CCC(C)CC1. The predicted octanol–water partition coefficient (Wildman–Crippen LogP) is 1.99. The van der Waals surface area contributed by atoms with Crippen molar-refractivity contribution in [2.75, 3.05) is 19.8 Å². The first kappa shape index (κ1) is 17.8. The van der Waals surface area contributed by atoms with Crippen LogP contribution in [0.25, 0.3) is 0 Å². The number of hydrogen-bond acceptors (Lipinski definition) is 3. The second-order valence-corrected chi connectivity index (χ2v) is 6.42. The van der Waals surface area contributed by atoms with Crippen LogP contribution in [0.15, 0.2) is 0 Å². The third kappa shape index (κ3) is 5.91. The third-order valence-electron chi connectivity index (χ3n) is 3.87. The Morgan fingerprint density at radius 2 is 1.95 bits per heavy atom. The maximum atomic E-state index is 11.9. The minimum Gasteiger partial charge on any atom is -0.480 e. The van der Waals surface area contributed by atoms with Crippen LogP contribution < -0.4 is 10.6 Å². The lowest BCUT2D eigenvalue weighted by Gasteiger charge is -2.36. The van der Waals surface area contributed by atoms with Gasteiger partial charge in [0.15, 0.2) is 0 Å². The predicted molar refractivity (Wildman–Crippen MR) is 80.2 cm³/mol. The molecule has 1 aliphatic carbocycles. The van der Waals surface area contributed by atoms with E-state index < -0.39 is 17.5 Å². The summed E-state index contributed by atoms with van der Waals surface area (Å²) in [6.45, 7) is 7.69. The first-order valence-corrected chi connectivity index (χ1v) is 7.73. The Labute approximate surface area is 126 Å². The summed E-state index contributed by atoms with van der Waals surface area (Å²) in [5.41, 5.74) is -1.12. The molecule has 2 amide bonds. The van der Waals surface area contributed by atoms with Crippen molar-refractivity contribution in [3.05, 3.63) is 0 Å². The Morgan fingerprint density at radius 1 is 1.33 bits per heavy atom. The second kappa shape index (κ2) is 8.22. The highest BCUT2D eigenvalue weighted by Gasteiger charge is 2.42. The van der Waals surface area contributed by atoms with Crippen LogP contribution in [0.3, 0.4) is 0 Å². The van der Waals surface area contributed by atoms with Crippen LogP contribution >= 0.6 is 0 Å². The summed E-state index contributed by atoms with van der Waals surface area (Å²) in [5, 5.41) is 14.7. The molecule has 3 N–H and O–H groups in total. The van der Waals surface area contributed by atoms with Gasteiger partial charge in [0.2, 0.25) is 0 Å². The van der Waals surface area contributed by atoms with Crippen molar-refractivity contribution >= 4 is 12.0 Å². The summed E-state index contributed by atoms with van der Waals surface area (Å²) in [6, 6.07) is -0.430. The molecule has 122 valence electrons. The van der Waals surface area contributed by atoms with Gasteiger partial charge >= 0.3 is 12.0 Å². The number of aliphatic carboxylic acids is 1. The van der Waals surface area contributed by atoms with E-state index in [1.807, 2.05) is 0 Å². The van der Waals surface area contributed by atoms with E-state index in [9.17, 15) is 14.7 Å². The van der Waals surface area contributed by atoms with E-state index in [4.69, 9.17) is 4.74 Å². The molecule has 0 aromatic carbocycles. The lowest BCUT2D eigenvalue weighted by atomic mass is 9.77. The van der Waals surface area contributed by atoms with Crippen molar-refractivity contribution in [3.63, 3.8) is 0 Å². The molecule has 21 heavy (non-hydrogen) atoms. The van der Waals surface area contributed by atoms with Crippen molar-refractivity contribution in [1.29, 1.82) is 0 Å². The molecule has 1 fully saturated rings. The normalized spacial score (nSPS) is 25.6. The monoisotopic (exact) mass is 300 g/mol. The Hall–Kier alpha value is -1.30. The summed E-state index contributed by atoms with van der Waals surface area (Å²) < 4.78 is 5.36. The van der Waals surface area contributed by atoms with Gasteiger partial charge in [-0.3, -0.25) is 0 Å². The maximum absolute atomic E-state index is 11.9. The molecule has 0 radical (unpaired) electrons. The van der Waals surface area contributed by atoms with Gasteiger partial charge in [-0.2, -0.15) is 0 Å². The number of carbonyl (C=O) groups is 2. The molecule has 1 aliphatic rings. The Morgan fingerprint density at radius 3 is 2.48 bits per heavy atom. The van der Waals surface area contributed by atoms with Gasteiger partial charge in [-0.15, -0.1) is 0 Å². The van der Waals surface area contributed by atoms with E-state index in [1.54, 1.807) is 0 Å². The first-order valence-electron chi connectivity index (χ1n) is 7.73. The fourth-order valence-corrected chi connectivity index (χ4v) is 2.46. The molecule has 1 rings (SSSR count). The zero-order valence-electron chi connectivity index (χ0n) is 13.3. The van der Waals surface area contributed by atoms with Gasteiger partial charge in [0.1, 0.15) is 5.54 Å². The minimum atomic E-state index is -1.12. The van der Waals surface area contributed by atoms with Crippen molar-refractivity contribution in [2.24, 2.45) is 11.8 Å². The number of nitrogens with one attached hydrogen (secondary N) is 2. The van der Waals surface area contributed by atoms with Gasteiger partial charge in [-0.25, -0.2) is 9.59 Å². The van der Waals surface area contributed by atoms with Gasteiger partial charge in [0.05, 0.1) is 6.61 Å². The van der Waals surface area contributed by atoms with E-state index in [0.717, 1.165) is 12.8 Å². The van der Waals surface area contributed by atoms with Gasteiger partial charge in [0, 0.05) is 13.2 Å². The molecule has 6 heteroatoms. The number of carboxylic acids is 1. The number of rotatable bonds is 7. The van der Waals surface area contributed by atoms with Gasteiger partial charge in [-0.1, -0.05) is 20.8 Å². The zero-order valence-corrected chi connectivity index (χ0v) is 13.3. The molecule has 1 saturated carbocycles. The third-order valence-corrected chi connectivity index (χ3v) is 3.87. The van der Waals surface area contributed by atoms with Crippen LogP contribution in [0, 0.1) is 11.8 Å². The lowest BCUT2D eigenvalue weighted by molar-refractivity contribution is -0.146. The summed E-state index contributed by atoms with van der Waals surface area (Å²) in [7, 11) is 0. The summed E-state index contributed by atoms with van der Waals surface area (Å²) in [4.78, 5) is 23.4. The van der Waals surface area contributed by atoms with Crippen LogP contribution in [-0.2, 0) is 9.53 Å². The molecule has 0 aromatic heterocycles. The number of carbonyl (C=O) groups excluding carboxylic acids is 1. The maximum Gasteiger partial charge on any atom is 0.329 e. The van der Waals surface area contributed by atoms with Crippen LogP contribution in [0.5, 0.6) is 0 Å². The highest BCUT2D eigenvalue weighted by atomic mass is 16.5. The van der Waals surface area contributed by atoms with Crippen molar-refractivity contribution in [2.45, 2.75) is 52.0 Å². The Kier molecular flexibility index (Phi) is 6.95. The summed E-state index contributed by atoms with van der Waals surface area (Å²) in [6.07, 6.45) is 2.62. The van der Waals surface area contributed by atoms with E-state index >= 15 is 0 Å². The molecular formula is C15H28N2O4. The molecular weight excluding hydrogens is 272 g/mol. The van der Waals surface area contributed by atoms with Crippen LogP contribution in [0.4, 0.5) is 4.79 Å². The minimum absolute atomic E-state index is 0.380. The van der Waals surface area contributed by atoms with E-state index in [-0.39, 0.29) is 0 Å². The smallest absolute Gasteiger partial charge is 0.329 e. The van der Waals surface area contributed by atoms with Crippen molar-refractivity contribution in [1.82, 2.24) is 10.6 Å². The van der Waals surface area contributed by atoms with E-state index in [1.165, 1.54) is 0 Å². The molecule has 0 aromatic rings. The highest BCUT2D eigenvalue weighted by molar-refractivity contribution is 5.86. The summed E-state index contributed by atoms with van der Waals surface area (Å²) >= 11 is 0. The topological polar surface area (TPSA) is 87.7 Å². The largest absolute Gasteiger partial charge is 0.480 e. The standard InChI is InChI=1S/C15H28N2O4/c1-11(2)10-21-9-8-16-14(20)17-15(13(18)19)6-4-12(3)5-7-15/h11-12H,4-10H2,1-3H3,(H,18,19)(H2,16,17,20). The Bertz CT molecular complexity index is 350. The molecule has 0 heterocycles. The van der Waals surface area contributed by atoms with Crippen LogP contribution in [0.2, 0.25) is 0 Å². The highest BCUT2D eigenvalue weighted by Crippen LogP contribution is 2.32. The second-order valence-electron chi connectivity index (χ2n) is 6.42. The quantitative estimate of drug-likeness (QED) is 0.627. The number of hydrogen-bond donors (Lipinski definition) is 3. The average molecular weight is 300 g/mol. The number of carboxylic acid groups (broad SMARTS) is 1. The van der Waals surface area contributed by atoms with Gasteiger partial charge in [0.25, 0.3) is 0 Å². The number of ether oxygens (including phenoxy) is 1. The molecule has 0 atom stereocenters. The van der Waals surface area contributed by atoms with Crippen LogP contribution in [-0.4, -0.2) is 42.4 Å².